The number of hydrogen-bond acceptors (Lipinski definition) is 5. The predicted octanol–water partition coefficient (Wildman–Crippen LogP) is 2.60. The molecule has 0 amide bonds. The smallest absolute Gasteiger partial charge is 0.203 e. The lowest BCUT2D eigenvalue weighted by molar-refractivity contribution is -0.117. The van der Waals surface area contributed by atoms with Crippen molar-refractivity contribution in [2.24, 2.45) is 5.92 Å². The maximum absolute atomic E-state index is 11.9. The zero-order valence-corrected chi connectivity index (χ0v) is 12.3. The predicted molar refractivity (Wildman–Crippen MR) is 77.4 cm³/mol. The first-order valence-electron chi connectivity index (χ1n) is 6.70. The number of hydrogen-bond donors (Lipinski definition) is 0. The molecule has 5 nitrogen and oxygen atoms in total. The second-order valence-corrected chi connectivity index (χ2v) is 4.94. The van der Waals surface area contributed by atoms with E-state index in [1.165, 1.54) is 7.11 Å². The molecule has 1 aromatic carbocycles. The molecule has 21 heavy (non-hydrogen) atoms. The average Bonchev–Trinajstić information content (AvgIpc) is 2.50. The van der Waals surface area contributed by atoms with Crippen LogP contribution in [-0.2, 0) is 4.79 Å². The number of carbonyl (C=O) groups is 1. The van der Waals surface area contributed by atoms with E-state index in [1.54, 1.807) is 32.1 Å². The maximum Gasteiger partial charge on any atom is 0.203 e. The Balaban J connectivity index is 2.45. The van der Waals surface area contributed by atoms with Crippen LogP contribution in [0.1, 0.15) is 19.4 Å². The molecule has 0 N–H and O–H groups in total. The number of nitrogens with zero attached hydrogens (tertiary/aromatic N) is 1. The third kappa shape index (κ3) is 3.16. The largest absolute Gasteiger partial charge is 0.493 e. The summed E-state index contributed by atoms with van der Waals surface area (Å²) in [4.78, 5) is 11.9. The molecular formula is C16H17NO4. The maximum atomic E-state index is 11.9. The van der Waals surface area contributed by atoms with E-state index in [0.717, 1.165) is 0 Å². The lowest BCUT2D eigenvalue weighted by atomic mass is 9.99. The van der Waals surface area contributed by atoms with Gasteiger partial charge in [0.1, 0.15) is 19.3 Å². The van der Waals surface area contributed by atoms with Gasteiger partial charge in [-0.3, -0.25) is 4.79 Å². The molecule has 0 saturated heterocycles. The van der Waals surface area contributed by atoms with E-state index < -0.39 is 0 Å². The number of carbonyl (C=O) groups excluding carboxylic acids is 1. The molecule has 0 spiro atoms. The summed E-state index contributed by atoms with van der Waals surface area (Å²) >= 11 is 0. The molecule has 0 unspecified atom stereocenters. The first-order valence-corrected chi connectivity index (χ1v) is 6.70. The quantitative estimate of drug-likeness (QED) is 0.629. The van der Waals surface area contributed by atoms with Crippen molar-refractivity contribution in [3.8, 4) is 23.3 Å². The molecule has 1 aliphatic rings. The first kappa shape index (κ1) is 14.9. The van der Waals surface area contributed by atoms with Crippen molar-refractivity contribution in [1.82, 2.24) is 0 Å². The highest BCUT2D eigenvalue weighted by Crippen LogP contribution is 2.40. The van der Waals surface area contributed by atoms with Gasteiger partial charge in [0.25, 0.3) is 0 Å². The highest BCUT2D eigenvalue weighted by Gasteiger charge is 2.19. The van der Waals surface area contributed by atoms with Gasteiger partial charge in [0.2, 0.25) is 5.75 Å². The van der Waals surface area contributed by atoms with E-state index >= 15 is 0 Å². The third-order valence-electron chi connectivity index (χ3n) is 3.07. The van der Waals surface area contributed by atoms with Crippen LogP contribution >= 0.6 is 0 Å². The lowest BCUT2D eigenvalue weighted by Gasteiger charge is -2.21. The van der Waals surface area contributed by atoms with Gasteiger partial charge in [-0.15, -0.1) is 0 Å². The van der Waals surface area contributed by atoms with E-state index in [4.69, 9.17) is 19.5 Å². The molecule has 0 aromatic heterocycles. The van der Waals surface area contributed by atoms with Crippen molar-refractivity contribution in [3.63, 3.8) is 0 Å². The first-order chi connectivity index (χ1) is 10.1. The fourth-order valence-electron chi connectivity index (χ4n) is 2.01. The van der Waals surface area contributed by atoms with Crippen molar-refractivity contribution in [2.75, 3.05) is 20.3 Å². The van der Waals surface area contributed by atoms with Crippen LogP contribution < -0.4 is 14.2 Å². The minimum absolute atomic E-state index is 0.115. The van der Waals surface area contributed by atoms with Gasteiger partial charge < -0.3 is 14.2 Å². The molecule has 1 heterocycles. The number of ether oxygens (including phenoxy) is 3. The van der Waals surface area contributed by atoms with Crippen molar-refractivity contribution in [1.29, 1.82) is 5.26 Å². The molecule has 0 fully saturated rings. The van der Waals surface area contributed by atoms with Gasteiger partial charge >= 0.3 is 0 Å². The Bertz CT molecular complexity index is 609. The van der Waals surface area contributed by atoms with Gasteiger partial charge in [-0.25, -0.2) is 0 Å². The number of Topliss-reactive ketones (excluding diaryl/α,β-unsaturated/α-hetero) is 1. The van der Waals surface area contributed by atoms with Gasteiger partial charge in [0.05, 0.1) is 12.7 Å². The molecular weight excluding hydrogens is 270 g/mol. The number of fused-ring (bicyclic) bond motifs is 1. The Hall–Kier alpha value is -2.48. The van der Waals surface area contributed by atoms with Gasteiger partial charge in [-0.1, -0.05) is 13.8 Å². The summed E-state index contributed by atoms with van der Waals surface area (Å²) in [6.45, 7) is 4.45. The van der Waals surface area contributed by atoms with Crippen molar-refractivity contribution in [3.05, 3.63) is 23.3 Å². The minimum atomic E-state index is -0.227. The van der Waals surface area contributed by atoms with Gasteiger partial charge in [0, 0.05) is 5.92 Å². The average molecular weight is 287 g/mol. The van der Waals surface area contributed by atoms with E-state index in [-0.39, 0.29) is 17.3 Å². The summed E-state index contributed by atoms with van der Waals surface area (Å²) in [7, 11) is 1.53. The number of nitriles is 1. The highest BCUT2D eigenvalue weighted by molar-refractivity contribution is 6.04. The van der Waals surface area contributed by atoms with Crippen LogP contribution in [0.3, 0.4) is 0 Å². The van der Waals surface area contributed by atoms with Crippen molar-refractivity contribution in [2.45, 2.75) is 13.8 Å². The summed E-state index contributed by atoms with van der Waals surface area (Å²) in [5.74, 6) is 1.21. The van der Waals surface area contributed by atoms with E-state index in [0.29, 0.717) is 36.0 Å². The van der Waals surface area contributed by atoms with Gasteiger partial charge in [-0.2, -0.15) is 5.26 Å². The van der Waals surface area contributed by atoms with Crippen molar-refractivity contribution < 1.29 is 19.0 Å². The number of allylic oxidation sites excluding steroid dienone is 1. The molecule has 1 aromatic rings. The molecule has 1 aliphatic heterocycles. The van der Waals surface area contributed by atoms with Crippen LogP contribution in [0.2, 0.25) is 0 Å². The van der Waals surface area contributed by atoms with Crippen LogP contribution in [-0.4, -0.2) is 26.1 Å². The van der Waals surface area contributed by atoms with Crippen LogP contribution in [0.15, 0.2) is 17.7 Å². The summed E-state index contributed by atoms with van der Waals surface area (Å²) in [6.07, 6.45) is 1.54. The van der Waals surface area contributed by atoms with Crippen molar-refractivity contribution >= 4 is 11.9 Å². The zero-order valence-electron chi connectivity index (χ0n) is 12.3. The molecule has 0 bridgehead atoms. The zero-order chi connectivity index (χ0) is 15.4. The Morgan fingerprint density at radius 3 is 2.71 bits per heavy atom. The summed E-state index contributed by atoms with van der Waals surface area (Å²) in [5.41, 5.74) is 0.783. The molecule has 0 radical (unpaired) electrons. The van der Waals surface area contributed by atoms with Gasteiger partial charge in [-0.05, 0) is 23.8 Å². The number of rotatable bonds is 4. The fourth-order valence-corrected chi connectivity index (χ4v) is 2.01. The monoisotopic (exact) mass is 287 g/mol. The van der Waals surface area contributed by atoms with Crippen LogP contribution in [0, 0.1) is 17.2 Å². The molecule has 2 rings (SSSR count). The Morgan fingerprint density at radius 1 is 1.38 bits per heavy atom. The number of methoxy groups -OCH3 is 1. The third-order valence-corrected chi connectivity index (χ3v) is 3.07. The molecule has 5 heteroatoms. The van der Waals surface area contributed by atoms with E-state index in [1.807, 2.05) is 6.07 Å². The number of benzene rings is 1. The lowest BCUT2D eigenvalue weighted by Crippen LogP contribution is -2.16. The van der Waals surface area contributed by atoms with Gasteiger partial charge in [0.15, 0.2) is 17.3 Å². The fraction of sp³-hybridized carbons (Fsp3) is 0.375. The van der Waals surface area contributed by atoms with E-state index in [2.05, 4.69) is 0 Å². The molecule has 0 atom stereocenters. The minimum Gasteiger partial charge on any atom is -0.493 e. The topological polar surface area (TPSA) is 68.5 Å². The summed E-state index contributed by atoms with van der Waals surface area (Å²) in [5, 5.41) is 9.15. The Labute approximate surface area is 123 Å². The standard InChI is InChI=1S/C16H17NO4/c1-10(2)15(18)12(9-17)6-11-7-13(19-3)16-14(8-11)20-4-5-21-16/h6-8,10H,4-5H2,1-3H3/b12-6-. The summed E-state index contributed by atoms with van der Waals surface area (Å²) in [6, 6.07) is 5.41. The van der Waals surface area contributed by atoms with Crippen LogP contribution in [0.5, 0.6) is 17.2 Å². The highest BCUT2D eigenvalue weighted by atomic mass is 16.6. The Morgan fingerprint density at radius 2 is 2.10 bits per heavy atom. The normalized spacial score (nSPS) is 13.8. The second-order valence-electron chi connectivity index (χ2n) is 4.94. The van der Waals surface area contributed by atoms with Crippen LogP contribution in [0.4, 0.5) is 0 Å². The molecule has 110 valence electrons. The molecule has 0 saturated carbocycles. The SMILES string of the molecule is COc1cc(/C=C(/C#N)C(=O)C(C)C)cc2c1OCCO2. The van der Waals surface area contributed by atoms with E-state index in [9.17, 15) is 4.79 Å². The summed E-state index contributed by atoms with van der Waals surface area (Å²) < 4.78 is 16.3. The van der Waals surface area contributed by atoms with Crippen LogP contribution in [0.25, 0.3) is 6.08 Å². The molecule has 0 aliphatic carbocycles. The second kappa shape index (κ2) is 6.31. The number of ketones is 1. The Kier molecular flexibility index (Phi) is 4.49.